The quantitative estimate of drug-likeness (QED) is 0.466. The Bertz CT molecular complexity index is 1070. The van der Waals surface area contributed by atoms with Crippen LogP contribution < -0.4 is 19.5 Å². The molecular formula is C21H21BrN4O3S. The van der Waals surface area contributed by atoms with Crippen molar-refractivity contribution in [1.29, 1.82) is 0 Å². The summed E-state index contributed by atoms with van der Waals surface area (Å²) in [4.78, 5) is 4.65. The summed E-state index contributed by atoms with van der Waals surface area (Å²) in [5.41, 5.74) is 3.09. The summed E-state index contributed by atoms with van der Waals surface area (Å²) >= 11 is 5.10. The third-order valence-electron chi connectivity index (χ3n) is 4.54. The monoisotopic (exact) mass is 488 g/mol. The second-order valence-electron chi connectivity index (χ2n) is 6.54. The number of hydrogen-bond acceptors (Lipinski definition) is 8. The van der Waals surface area contributed by atoms with E-state index in [-0.39, 0.29) is 0 Å². The van der Waals surface area contributed by atoms with Crippen molar-refractivity contribution in [2.45, 2.75) is 24.7 Å². The number of nitrogens with zero attached hydrogens (tertiary/aromatic N) is 3. The highest BCUT2D eigenvalue weighted by molar-refractivity contribution is 9.10. The van der Waals surface area contributed by atoms with Crippen LogP contribution in [0.4, 0.5) is 5.69 Å². The second kappa shape index (κ2) is 9.09. The third-order valence-corrected chi connectivity index (χ3v) is 6.08. The van der Waals surface area contributed by atoms with Crippen molar-refractivity contribution in [3.8, 4) is 28.6 Å². The van der Waals surface area contributed by atoms with Gasteiger partial charge in [-0.15, -0.1) is 10.2 Å². The van der Waals surface area contributed by atoms with Crippen molar-refractivity contribution >= 4 is 33.4 Å². The molecule has 0 saturated carbocycles. The molecule has 0 aliphatic carbocycles. The van der Waals surface area contributed by atoms with Gasteiger partial charge in [-0.2, -0.15) is 4.98 Å². The molecule has 2 aromatic carbocycles. The van der Waals surface area contributed by atoms with Gasteiger partial charge < -0.3 is 19.5 Å². The lowest BCUT2D eigenvalue weighted by atomic mass is 10.1. The van der Waals surface area contributed by atoms with Gasteiger partial charge in [0, 0.05) is 21.5 Å². The number of benzene rings is 2. The average Bonchev–Trinajstić information content (AvgIpc) is 2.93. The van der Waals surface area contributed by atoms with Crippen LogP contribution in [0.25, 0.3) is 11.3 Å². The summed E-state index contributed by atoms with van der Waals surface area (Å²) in [6, 6.07) is 11.5. The summed E-state index contributed by atoms with van der Waals surface area (Å²) in [5.74, 6) is 2.71. The van der Waals surface area contributed by atoms with Crippen LogP contribution in [0.5, 0.6) is 17.4 Å². The molecule has 0 unspecified atom stereocenters. The van der Waals surface area contributed by atoms with Gasteiger partial charge in [-0.05, 0) is 42.8 Å². The number of methoxy groups -OCH3 is 2. The van der Waals surface area contributed by atoms with Gasteiger partial charge in [-0.25, -0.2) is 0 Å². The molecule has 1 N–H and O–H groups in total. The smallest absolute Gasteiger partial charge is 0.247 e. The summed E-state index contributed by atoms with van der Waals surface area (Å²) in [7, 11) is 3.26. The number of halogens is 1. The molecule has 1 aliphatic rings. The highest BCUT2D eigenvalue weighted by atomic mass is 79.9. The maximum Gasteiger partial charge on any atom is 0.247 e. The number of ether oxygens (including phenoxy) is 3. The molecular weight excluding hydrogens is 468 g/mol. The fourth-order valence-corrected chi connectivity index (χ4v) is 4.10. The minimum Gasteiger partial charge on any atom is -0.497 e. The number of nitrogens with one attached hydrogen (secondary N) is 1. The fourth-order valence-electron chi connectivity index (χ4n) is 3.11. The van der Waals surface area contributed by atoms with Gasteiger partial charge in [0.05, 0.1) is 19.8 Å². The van der Waals surface area contributed by atoms with E-state index >= 15 is 0 Å². The van der Waals surface area contributed by atoms with E-state index in [0.29, 0.717) is 28.2 Å². The highest BCUT2D eigenvalue weighted by Gasteiger charge is 2.28. The van der Waals surface area contributed by atoms with E-state index in [9.17, 15) is 0 Å². The number of rotatable bonds is 6. The molecule has 3 aromatic rings. The first kappa shape index (κ1) is 20.7. The number of thioether (sulfide) groups is 1. The van der Waals surface area contributed by atoms with Crippen LogP contribution in [0.2, 0.25) is 0 Å². The van der Waals surface area contributed by atoms with Crippen LogP contribution in [0.15, 0.2) is 46.0 Å². The Kier molecular flexibility index (Phi) is 6.29. The maximum atomic E-state index is 6.34. The number of fused-ring (bicyclic) bond motifs is 3. The molecule has 1 aliphatic heterocycles. The first-order valence-electron chi connectivity index (χ1n) is 9.45. The molecule has 156 valence electrons. The molecule has 9 heteroatoms. The summed E-state index contributed by atoms with van der Waals surface area (Å²) < 4.78 is 18.3. The number of hydrogen-bond donors (Lipinski definition) is 1. The Morgan fingerprint density at radius 1 is 1.13 bits per heavy atom. The lowest BCUT2D eigenvalue weighted by Crippen LogP contribution is -2.18. The van der Waals surface area contributed by atoms with Gasteiger partial charge in [-0.3, -0.25) is 0 Å². The van der Waals surface area contributed by atoms with E-state index in [2.05, 4.69) is 43.4 Å². The average molecular weight is 489 g/mol. The van der Waals surface area contributed by atoms with Gasteiger partial charge in [0.15, 0.2) is 5.69 Å². The van der Waals surface area contributed by atoms with Gasteiger partial charge in [0.1, 0.15) is 11.5 Å². The predicted molar refractivity (Wildman–Crippen MR) is 121 cm³/mol. The molecule has 30 heavy (non-hydrogen) atoms. The van der Waals surface area contributed by atoms with E-state index in [1.165, 1.54) is 0 Å². The lowest BCUT2D eigenvalue weighted by molar-refractivity contribution is 0.219. The van der Waals surface area contributed by atoms with E-state index in [0.717, 1.165) is 33.5 Å². The molecule has 0 fully saturated rings. The van der Waals surface area contributed by atoms with Crippen molar-refractivity contribution in [3.05, 3.63) is 46.4 Å². The molecule has 7 nitrogen and oxygen atoms in total. The summed E-state index contributed by atoms with van der Waals surface area (Å²) in [6.45, 7) is 2.11. The lowest BCUT2D eigenvalue weighted by Gasteiger charge is -2.22. The second-order valence-corrected chi connectivity index (χ2v) is 8.51. The zero-order valence-electron chi connectivity index (χ0n) is 16.8. The summed E-state index contributed by atoms with van der Waals surface area (Å²) in [6.07, 6.45) is 0.462. The van der Waals surface area contributed by atoms with Crippen LogP contribution in [0.1, 0.15) is 25.1 Å². The SMILES string of the molecule is CCCSc1nnc2c(n1)O[C@H](c1cc(OC)ccc1OC)Nc1ccc(Br)cc1-2. The molecule has 4 rings (SSSR count). The van der Waals surface area contributed by atoms with Crippen LogP contribution in [0, 0.1) is 0 Å². The topological polar surface area (TPSA) is 78.4 Å². The van der Waals surface area contributed by atoms with Crippen molar-refractivity contribution < 1.29 is 14.2 Å². The van der Waals surface area contributed by atoms with Crippen LogP contribution >= 0.6 is 27.7 Å². The standard InChI is InChI=1S/C21H21BrN4O3S/c1-4-9-30-21-24-20-18(25-26-21)14-10-12(22)5-7-16(14)23-19(29-20)15-11-13(27-2)6-8-17(15)28-3/h5-8,10-11,19,23H,4,9H2,1-3H3/t19-/m1/s1. The van der Waals surface area contributed by atoms with Crippen LogP contribution in [-0.2, 0) is 0 Å². The fraction of sp³-hybridized carbons (Fsp3) is 0.286. The van der Waals surface area contributed by atoms with Gasteiger partial charge in [0.2, 0.25) is 17.3 Å². The van der Waals surface area contributed by atoms with Gasteiger partial charge >= 0.3 is 0 Å². The van der Waals surface area contributed by atoms with Crippen molar-refractivity contribution in [2.75, 3.05) is 25.3 Å². The van der Waals surface area contributed by atoms with E-state index in [4.69, 9.17) is 14.2 Å². The molecule has 1 atom stereocenters. The minimum atomic E-state index is -0.558. The minimum absolute atomic E-state index is 0.419. The van der Waals surface area contributed by atoms with Crippen molar-refractivity contribution in [2.24, 2.45) is 0 Å². The first-order valence-corrected chi connectivity index (χ1v) is 11.2. The van der Waals surface area contributed by atoms with Crippen LogP contribution in [0.3, 0.4) is 0 Å². The maximum absolute atomic E-state index is 6.34. The Morgan fingerprint density at radius 3 is 2.77 bits per heavy atom. The zero-order valence-corrected chi connectivity index (χ0v) is 19.2. The molecule has 1 aromatic heterocycles. The Morgan fingerprint density at radius 2 is 2.00 bits per heavy atom. The normalized spacial score (nSPS) is 14.6. The number of aromatic nitrogens is 3. The van der Waals surface area contributed by atoms with E-state index in [1.54, 1.807) is 26.0 Å². The Balaban J connectivity index is 1.84. The van der Waals surface area contributed by atoms with Gasteiger partial charge in [0.25, 0.3) is 0 Å². The van der Waals surface area contributed by atoms with E-state index in [1.807, 2.05) is 36.4 Å². The highest BCUT2D eigenvalue weighted by Crippen LogP contribution is 2.42. The molecule has 0 bridgehead atoms. The Hall–Kier alpha value is -2.52. The molecule has 2 heterocycles. The van der Waals surface area contributed by atoms with Crippen LogP contribution in [-0.4, -0.2) is 35.2 Å². The first-order chi connectivity index (χ1) is 14.6. The summed E-state index contributed by atoms with van der Waals surface area (Å²) in [5, 5.41) is 12.8. The predicted octanol–water partition coefficient (Wildman–Crippen LogP) is 5.32. The third kappa shape index (κ3) is 4.17. The molecule has 0 spiro atoms. The largest absolute Gasteiger partial charge is 0.497 e. The molecule has 0 saturated heterocycles. The van der Waals surface area contributed by atoms with Gasteiger partial charge in [-0.1, -0.05) is 34.6 Å². The zero-order chi connectivity index (χ0) is 21.1. The van der Waals surface area contributed by atoms with Crippen molar-refractivity contribution in [1.82, 2.24) is 15.2 Å². The Labute approximate surface area is 187 Å². The molecule has 0 amide bonds. The van der Waals surface area contributed by atoms with E-state index < -0.39 is 6.23 Å². The molecule has 0 radical (unpaired) electrons. The number of anilines is 1. The van der Waals surface area contributed by atoms with Crippen molar-refractivity contribution in [3.63, 3.8) is 0 Å².